The minimum Gasteiger partial charge on any atom is -0.356 e. The van der Waals surface area contributed by atoms with Crippen LogP contribution in [0.2, 0.25) is 0 Å². The zero-order chi connectivity index (χ0) is 24.9. The highest BCUT2D eigenvalue weighted by Crippen LogP contribution is 2.38. The van der Waals surface area contributed by atoms with E-state index in [1.54, 1.807) is 6.07 Å². The Morgan fingerprint density at radius 2 is 1.77 bits per heavy atom. The molecule has 35 heavy (non-hydrogen) atoms. The fourth-order valence-corrected chi connectivity index (χ4v) is 4.14. The van der Waals surface area contributed by atoms with Gasteiger partial charge in [0, 0.05) is 31.3 Å². The molecule has 0 radical (unpaired) electrons. The van der Waals surface area contributed by atoms with Gasteiger partial charge in [-0.1, -0.05) is 30.3 Å². The minimum atomic E-state index is -0.406. The van der Waals surface area contributed by atoms with E-state index in [2.05, 4.69) is 20.9 Å². The molecule has 0 atom stereocenters. The summed E-state index contributed by atoms with van der Waals surface area (Å²) >= 11 is 0. The van der Waals surface area contributed by atoms with Crippen LogP contribution in [0.4, 0.5) is 15.8 Å². The summed E-state index contributed by atoms with van der Waals surface area (Å²) < 4.78 is 13.8. The van der Waals surface area contributed by atoms with Crippen molar-refractivity contribution < 1.29 is 14.0 Å². The van der Waals surface area contributed by atoms with Crippen LogP contribution >= 0.6 is 0 Å². The van der Waals surface area contributed by atoms with E-state index in [0.717, 1.165) is 23.4 Å². The van der Waals surface area contributed by atoms with E-state index >= 15 is 0 Å². The topological polar surface area (TPSA) is 73.5 Å². The first kappa shape index (κ1) is 24.2. The van der Waals surface area contributed by atoms with Gasteiger partial charge in [-0.05, 0) is 73.6 Å². The van der Waals surface area contributed by atoms with Gasteiger partial charge in [-0.2, -0.15) is 0 Å². The van der Waals surface area contributed by atoms with Crippen molar-refractivity contribution in [2.24, 2.45) is 0 Å². The summed E-state index contributed by atoms with van der Waals surface area (Å²) in [6.45, 7) is 2.84. The molecule has 180 valence electrons. The lowest BCUT2D eigenvalue weighted by Crippen LogP contribution is -2.22. The van der Waals surface area contributed by atoms with E-state index in [0.29, 0.717) is 35.5 Å². The van der Waals surface area contributed by atoms with Crippen LogP contribution in [0.5, 0.6) is 0 Å². The van der Waals surface area contributed by atoms with E-state index in [1.165, 1.54) is 24.6 Å². The summed E-state index contributed by atoms with van der Waals surface area (Å²) in [5.41, 5.74) is 6.04. The van der Waals surface area contributed by atoms with Crippen molar-refractivity contribution in [3.05, 3.63) is 94.8 Å². The minimum absolute atomic E-state index is 0.0743. The number of carbonyl (C=O) groups excluding carboxylic acids is 2. The first-order chi connectivity index (χ1) is 16.8. The standard InChI is InChI=1S/C28H29FN4O2/c1-18(34)30-14-13-19-5-4-6-21(15-19)27(31-23-10-7-20(8-11-23)17-33(2)3)26-24-12-9-22(29)16-25(24)32-28(26)35/h4-12,15-16,31H,13-14,17H2,1-3H3,(H,30,34)(H,32,35). The summed E-state index contributed by atoms with van der Waals surface area (Å²) in [4.78, 5) is 26.4. The van der Waals surface area contributed by atoms with Crippen molar-refractivity contribution in [2.45, 2.75) is 19.9 Å². The van der Waals surface area contributed by atoms with Crippen molar-refractivity contribution in [1.29, 1.82) is 0 Å². The molecular formula is C28H29FN4O2. The molecule has 0 bridgehead atoms. The lowest BCUT2D eigenvalue weighted by atomic mass is 9.98. The van der Waals surface area contributed by atoms with Crippen LogP contribution < -0.4 is 16.0 Å². The number of hydrogen-bond donors (Lipinski definition) is 3. The SMILES string of the molecule is CC(=O)NCCc1cccc(C(Nc2ccc(CN(C)C)cc2)=C2C(=O)Nc3cc(F)ccc32)c1. The van der Waals surface area contributed by atoms with E-state index < -0.39 is 5.82 Å². The molecule has 0 saturated heterocycles. The molecule has 0 aromatic heterocycles. The number of hydrogen-bond acceptors (Lipinski definition) is 4. The van der Waals surface area contributed by atoms with Gasteiger partial charge in [-0.15, -0.1) is 0 Å². The Bertz CT molecular complexity index is 1280. The van der Waals surface area contributed by atoms with Gasteiger partial charge in [0.2, 0.25) is 5.91 Å². The summed E-state index contributed by atoms with van der Waals surface area (Å²) in [7, 11) is 4.04. The van der Waals surface area contributed by atoms with Crippen LogP contribution in [-0.4, -0.2) is 37.4 Å². The fourth-order valence-electron chi connectivity index (χ4n) is 4.14. The smallest absolute Gasteiger partial charge is 0.258 e. The maximum Gasteiger partial charge on any atom is 0.258 e. The predicted octanol–water partition coefficient (Wildman–Crippen LogP) is 4.50. The molecule has 3 aromatic rings. The van der Waals surface area contributed by atoms with Gasteiger partial charge in [0.25, 0.3) is 5.91 Å². The van der Waals surface area contributed by atoms with Crippen LogP contribution in [0.25, 0.3) is 11.3 Å². The molecule has 6 nitrogen and oxygen atoms in total. The van der Waals surface area contributed by atoms with Crippen molar-refractivity contribution in [3.63, 3.8) is 0 Å². The number of amides is 2. The molecule has 0 unspecified atom stereocenters. The van der Waals surface area contributed by atoms with E-state index in [-0.39, 0.29) is 11.8 Å². The van der Waals surface area contributed by atoms with Gasteiger partial charge in [-0.25, -0.2) is 4.39 Å². The molecule has 1 aliphatic rings. The molecular weight excluding hydrogens is 443 g/mol. The third-order valence-corrected chi connectivity index (χ3v) is 5.70. The predicted molar refractivity (Wildman–Crippen MR) is 138 cm³/mol. The molecule has 0 aliphatic carbocycles. The summed E-state index contributed by atoms with van der Waals surface area (Å²) in [5, 5.41) is 9.05. The lowest BCUT2D eigenvalue weighted by molar-refractivity contribution is -0.119. The van der Waals surface area contributed by atoms with Gasteiger partial charge in [-0.3, -0.25) is 9.59 Å². The van der Waals surface area contributed by atoms with Gasteiger partial charge < -0.3 is 20.9 Å². The summed E-state index contributed by atoms with van der Waals surface area (Å²) in [6, 6.07) is 20.2. The molecule has 2 amide bonds. The second-order valence-electron chi connectivity index (χ2n) is 8.89. The van der Waals surface area contributed by atoms with Crippen molar-refractivity contribution in [3.8, 4) is 0 Å². The quantitative estimate of drug-likeness (QED) is 0.422. The average molecular weight is 473 g/mol. The van der Waals surface area contributed by atoms with Gasteiger partial charge in [0.05, 0.1) is 17.0 Å². The molecule has 3 N–H and O–H groups in total. The number of halogens is 1. The Balaban J connectivity index is 1.75. The molecule has 7 heteroatoms. The Hall–Kier alpha value is -3.97. The van der Waals surface area contributed by atoms with Crippen molar-refractivity contribution >= 4 is 34.5 Å². The van der Waals surface area contributed by atoms with Gasteiger partial charge >= 0.3 is 0 Å². The van der Waals surface area contributed by atoms with Crippen LogP contribution in [0.15, 0.2) is 66.7 Å². The molecule has 3 aromatic carbocycles. The highest BCUT2D eigenvalue weighted by Gasteiger charge is 2.29. The molecule has 0 saturated carbocycles. The largest absolute Gasteiger partial charge is 0.356 e. The Kier molecular flexibility index (Phi) is 7.27. The normalized spacial score (nSPS) is 13.9. The Morgan fingerprint density at radius 3 is 2.49 bits per heavy atom. The second kappa shape index (κ2) is 10.5. The first-order valence-electron chi connectivity index (χ1n) is 11.5. The number of nitrogens with one attached hydrogen (secondary N) is 3. The summed E-state index contributed by atoms with van der Waals surface area (Å²) in [5.74, 6) is -0.771. The van der Waals surface area contributed by atoms with Crippen LogP contribution in [0.1, 0.15) is 29.2 Å². The Labute approximate surface area is 204 Å². The van der Waals surface area contributed by atoms with E-state index in [1.807, 2.05) is 62.6 Å². The van der Waals surface area contributed by atoms with E-state index in [9.17, 15) is 14.0 Å². The van der Waals surface area contributed by atoms with Crippen LogP contribution in [0, 0.1) is 5.82 Å². The number of rotatable bonds is 8. The van der Waals surface area contributed by atoms with Crippen molar-refractivity contribution in [2.75, 3.05) is 31.3 Å². The average Bonchev–Trinajstić information content (AvgIpc) is 3.12. The monoisotopic (exact) mass is 472 g/mol. The van der Waals surface area contributed by atoms with Gasteiger partial charge in [0.15, 0.2) is 0 Å². The maximum absolute atomic E-state index is 13.8. The highest BCUT2D eigenvalue weighted by molar-refractivity contribution is 6.37. The first-order valence-corrected chi connectivity index (χ1v) is 11.5. The zero-order valence-corrected chi connectivity index (χ0v) is 20.1. The molecule has 4 rings (SSSR count). The number of nitrogens with zero attached hydrogens (tertiary/aromatic N) is 1. The maximum atomic E-state index is 13.8. The molecule has 0 fully saturated rings. The molecule has 1 heterocycles. The fraction of sp³-hybridized carbons (Fsp3) is 0.214. The van der Waals surface area contributed by atoms with E-state index in [4.69, 9.17) is 0 Å². The van der Waals surface area contributed by atoms with Gasteiger partial charge in [0.1, 0.15) is 5.82 Å². The number of anilines is 2. The number of carbonyl (C=O) groups is 2. The Morgan fingerprint density at radius 1 is 1.00 bits per heavy atom. The summed E-state index contributed by atoms with van der Waals surface area (Å²) in [6.07, 6.45) is 0.656. The lowest BCUT2D eigenvalue weighted by Gasteiger charge is -2.17. The third kappa shape index (κ3) is 5.94. The second-order valence-corrected chi connectivity index (χ2v) is 8.89. The number of benzene rings is 3. The third-order valence-electron chi connectivity index (χ3n) is 5.70. The zero-order valence-electron chi connectivity index (χ0n) is 20.1. The van der Waals surface area contributed by atoms with Crippen LogP contribution in [-0.2, 0) is 22.6 Å². The molecule has 0 spiro atoms. The number of fused-ring (bicyclic) bond motifs is 1. The van der Waals surface area contributed by atoms with Crippen molar-refractivity contribution in [1.82, 2.24) is 10.2 Å². The molecule has 1 aliphatic heterocycles. The van der Waals surface area contributed by atoms with Crippen LogP contribution in [0.3, 0.4) is 0 Å². The highest BCUT2D eigenvalue weighted by atomic mass is 19.1.